The van der Waals surface area contributed by atoms with E-state index in [1.165, 1.54) is 0 Å². The average Bonchev–Trinajstić information content (AvgIpc) is 1.68. The summed E-state index contributed by atoms with van der Waals surface area (Å²) in [5.74, 6) is 1.06. The molecule has 0 aliphatic rings. The van der Waals surface area contributed by atoms with Crippen molar-refractivity contribution in [1.82, 2.24) is 0 Å². The van der Waals surface area contributed by atoms with Crippen molar-refractivity contribution in [3.05, 3.63) is 0 Å². The van der Waals surface area contributed by atoms with Crippen molar-refractivity contribution in [3.8, 4) is 0 Å². The Morgan fingerprint density at radius 3 is 2.44 bits per heavy atom. The molecule has 0 bridgehead atoms. The van der Waals surface area contributed by atoms with Gasteiger partial charge in [0.15, 0.2) is 0 Å². The Morgan fingerprint density at radius 2 is 2.11 bits per heavy atom. The minimum atomic E-state index is -0.581. The molecule has 0 N–H and O–H groups in total. The molecule has 0 heterocycles. The molecule has 0 rings (SSSR count). The average molecular weight is 192 g/mol. The van der Waals surface area contributed by atoms with E-state index < -0.39 is 6.55 Å². The number of hydrogen-bond acceptors (Lipinski definition) is 3. The van der Waals surface area contributed by atoms with Crippen LogP contribution in [0, 0.1) is 0 Å². The summed E-state index contributed by atoms with van der Waals surface area (Å²) in [6, 6.07) is 0. The summed E-state index contributed by atoms with van der Waals surface area (Å²) in [6.45, 7) is 4.23. The van der Waals surface area contributed by atoms with Gasteiger partial charge in [-0.05, 0) is 12.7 Å². The van der Waals surface area contributed by atoms with E-state index in [0.29, 0.717) is 0 Å². The van der Waals surface area contributed by atoms with E-state index in [0.717, 1.165) is 12.4 Å². The maximum atomic E-state index is 5.12. The predicted molar refractivity (Wildman–Crippen MR) is 44.0 cm³/mol. The quantitative estimate of drug-likeness (QED) is 0.339. The van der Waals surface area contributed by atoms with Crippen molar-refractivity contribution in [1.29, 1.82) is 0 Å². The summed E-state index contributed by atoms with van der Waals surface area (Å²) < 4.78 is 5.12. The van der Waals surface area contributed by atoms with Gasteiger partial charge in [-0.3, -0.25) is 0 Å². The summed E-state index contributed by atoms with van der Waals surface area (Å²) in [5.41, 5.74) is 0. The van der Waals surface area contributed by atoms with Crippen LogP contribution >= 0.6 is 17.9 Å². The van der Waals surface area contributed by atoms with Gasteiger partial charge >= 0.3 is 29.6 Å². The second-order valence-corrected chi connectivity index (χ2v) is 6.06. The first-order valence-corrected chi connectivity index (χ1v) is 6.40. The van der Waals surface area contributed by atoms with E-state index >= 15 is 0 Å². The molecule has 0 aromatic rings. The first kappa shape index (κ1) is 13.7. The molecule has 1 unspecified atom stereocenters. The van der Waals surface area contributed by atoms with Crippen LogP contribution in [0.3, 0.4) is 0 Å². The van der Waals surface area contributed by atoms with E-state index in [1.54, 1.807) is 11.4 Å². The first-order chi connectivity index (χ1) is 3.81. The van der Waals surface area contributed by atoms with Crippen LogP contribution in [-0.2, 0) is 16.8 Å². The van der Waals surface area contributed by atoms with Gasteiger partial charge in [0.2, 0.25) is 0 Å². The fraction of sp³-hybridized carbons (Fsp3) is 1.00. The van der Waals surface area contributed by atoms with E-state index in [4.69, 9.17) is 16.8 Å². The van der Waals surface area contributed by atoms with Gasteiger partial charge < -0.3 is 16.8 Å². The molecule has 0 saturated heterocycles. The Bertz CT molecular complexity index is 51.8. The van der Waals surface area contributed by atoms with Crippen LogP contribution < -0.4 is 29.6 Å². The summed E-state index contributed by atoms with van der Waals surface area (Å²) in [5, 5.41) is 0. The zero-order valence-corrected chi connectivity index (χ0v) is 10.6. The zero-order chi connectivity index (χ0) is 6.41. The van der Waals surface area contributed by atoms with Crippen LogP contribution in [0.1, 0.15) is 13.8 Å². The van der Waals surface area contributed by atoms with Crippen LogP contribution in [0.15, 0.2) is 0 Å². The zero-order valence-electron chi connectivity index (χ0n) is 6.09. The molecule has 0 spiro atoms. The third kappa shape index (κ3) is 10.1. The Labute approximate surface area is 89.7 Å². The predicted octanol–water partition coefficient (Wildman–Crippen LogP) is -0.446. The molecule has 50 valence electrons. The molecule has 1 nitrogen and oxygen atoms in total. The van der Waals surface area contributed by atoms with E-state index in [-0.39, 0.29) is 29.6 Å². The van der Waals surface area contributed by atoms with Gasteiger partial charge in [0, 0.05) is 6.61 Å². The topological polar surface area (TPSA) is 9.23 Å². The summed E-state index contributed by atoms with van der Waals surface area (Å²) >= 11 is 6.65. The molecule has 0 fully saturated rings. The van der Waals surface area contributed by atoms with Crippen molar-refractivity contribution in [2.75, 3.05) is 12.4 Å². The van der Waals surface area contributed by atoms with Gasteiger partial charge in [0.05, 0.1) is 0 Å². The smallest absolute Gasteiger partial charge is 0.719 e. The molecule has 0 amide bonds. The molecule has 5 heteroatoms. The van der Waals surface area contributed by atoms with Crippen LogP contribution in [-0.4, -0.2) is 12.4 Å². The maximum Gasteiger partial charge on any atom is 1.00 e. The van der Waals surface area contributed by atoms with Crippen molar-refractivity contribution < 1.29 is 34.1 Å². The van der Waals surface area contributed by atoms with Gasteiger partial charge in [-0.25, -0.2) is 0 Å². The molecular weight excluding hydrogens is 182 g/mol. The molecule has 0 aromatic heterocycles. The van der Waals surface area contributed by atoms with Crippen LogP contribution in [0.5, 0.6) is 0 Å². The monoisotopic (exact) mass is 192 g/mol. The second kappa shape index (κ2) is 10.1. The van der Waals surface area contributed by atoms with Gasteiger partial charge in [-0.1, -0.05) is 13.5 Å². The molecule has 9 heavy (non-hydrogen) atoms. The SMILES string of the molecule is CCOP([S-])SCC.[Na+]. The summed E-state index contributed by atoms with van der Waals surface area (Å²) in [7, 11) is 0. The van der Waals surface area contributed by atoms with Gasteiger partial charge in [-0.2, -0.15) is 0 Å². The van der Waals surface area contributed by atoms with E-state index in [9.17, 15) is 0 Å². The third-order valence-corrected chi connectivity index (χ3v) is 4.40. The number of rotatable bonds is 4. The second-order valence-electron chi connectivity index (χ2n) is 1.06. The van der Waals surface area contributed by atoms with Gasteiger partial charge in [0.25, 0.3) is 0 Å². The van der Waals surface area contributed by atoms with E-state index in [1.807, 2.05) is 6.92 Å². The molecule has 0 saturated carbocycles. The largest absolute Gasteiger partial charge is 1.00 e. The fourth-order valence-corrected chi connectivity index (χ4v) is 3.18. The van der Waals surface area contributed by atoms with E-state index in [2.05, 4.69) is 6.92 Å². The molecule has 0 radical (unpaired) electrons. The minimum Gasteiger partial charge on any atom is -0.719 e. The van der Waals surface area contributed by atoms with Gasteiger partial charge in [0.1, 0.15) is 0 Å². The molecule has 1 atom stereocenters. The van der Waals surface area contributed by atoms with Crippen LogP contribution in [0.4, 0.5) is 0 Å². The summed E-state index contributed by atoms with van der Waals surface area (Å²) in [6.07, 6.45) is 0. The van der Waals surface area contributed by atoms with Crippen molar-refractivity contribution >= 4 is 30.2 Å². The van der Waals surface area contributed by atoms with Crippen LogP contribution in [0.2, 0.25) is 0 Å². The first-order valence-electron chi connectivity index (χ1n) is 2.54. The Morgan fingerprint density at radius 1 is 1.56 bits per heavy atom. The molecule has 0 aromatic carbocycles. The Kier molecular flexibility index (Phi) is 15.3. The standard InChI is InChI=1S/C4H10OPS2.Na/c1-3-5-6(7)8-4-2;/h3-4H2,1-2H3;/q-1;+1. The third-order valence-electron chi connectivity index (χ3n) is 0.469. The Hall–Kier alpha value is 2.09. The summed E-state index contributed by atoms with van der Waals surface area (Å²) in [4.78, 5) is 0. The fourth-order valence-electron chi connectivity index (χ4n) is 0.248. The maximum absolute atomic E-state index is 5.12. The minimum absolute atomic E-state index is 0. The van der Waals surface area contributed by atoms with Crippen molar-refractivity contribution in [3.63, 3.8) is 0 Å². The Balaban J connectivity index is 0. The number of hydrogen-bond donors (Lipinski definition) is 0. The van der Waals surface area contributed by atoms with Crippen molar-refractivity contribution in [2.45, 2.75) is 13.8 Å². The molecule has 0 aliphatic carbocycles. The normalized spacial score (nSPS) is 12.3. The molecular formula is C4H10NaOPS2. The van der Waals surface area contributed by atoms with Crippen molar-refractivity contribution in [2.24, 2.45) is 0 Å². The van der Waals surface area contributed by atoms with Crippen LogP contribution in [0.25, 0.3) is 0 Å². The van der Waals surface area contributed by atoms with Gasteiger partial charge in [-0.15, -0.1) is 11.4 Å². The molecule has 0 aliphatic heterocycles.